The summed E-state index contributed by atoms with van der Waals surface area (Å²) in [7, 11) is -2.18. The molecule has 6 aromatic rings. The Kier molecular flexibility index (Phi) is 7.31. The van der Waals surface area contributed by atoms with Gasteiger partial charge in [0.05, 0.1) is 28.9 Å². The van der Waals surface area contributed by atoms with Crippen LogP contribution < -0.4 is 20.3 Å². The average molecular weight is 674 g/mol. The zero-order chi connectivity index (χ0) is 33.9. The number of para-hydroxylation sites is 1. The molecule has 1 amide bonds. The lowest BCUT2D eigenvalue weighted by Gasteiger charge is -2.24. The lowest BCUT2D eigenvalue weighted by Crippen LogP contribution is -2.35. The molecule has 2 aliphatic rings. The van der Waals surface area contributed by atoms with Gasteiger partial charge in [0.15, 0.2) is 11.5 Å². The van der Waals surface area contributed by atoms with Crippen LogP contribution in [-0.2, 0) is 30.1 Å². The van der Waals surface area contributed by atoms with Crippen LogP contribution in [-0.4, -0.2) is 49.3 Å². The molecule has 0 unspecified atom stereocenters. The number of carbonyl (C=O) groups is 1. The minimum atomic E-state index is -4.00. The van der Waals surface area contributed by atoms with Gasteiger partial charge in [-0.25, -0.2) is 9.50 Å². The summed E-state index contributed by atoms with van der Waals surface area (Å²) in [5.74, 6) is 5.60. The number of nitrogens with one attached hydrogen (secondary N) is 3. The number of rotatable bonds is 8. The van der Waals surface area contributed by atoms with Gasteiger partial charge >= 0.3 is 10.2 Å². The molecule has 1 fully saturated rings. The van der Waals surface area contributed by atoms with Crippen LogP contribution in [0.4, 0.5) is 5.82 Å². The second kappa shape index (κ2) is 11.7. The number of pyridine rings is 1. The number of nitrogens with zero attached hydrogens (tertiary/aromatic N) is 6. The van der Waals surface area contributed by atoms with E-state index in [0.29, 0.717) is 28.8 Å². The number of benzene rings is 2. The van der Waals surface area contributed by atoms with Crippen molar-refractivity contribution in [1.29, 1.82) is 0 Å². The molecule has 13 nitrogen and oxygen atoms in total. The van der Waals surface area contributed by atoms with Crippen molar-refractivity contribution in [2.75, 3.05) is 4.72 Å². The van der Waals surface area contributed by atoms with E-state index >= 15 is 0 Å². The molecule has 4 heterocycles. The number of aryl methyl sites for hydroxylation is 3. The van der Waals surface area contributed by atoms with Gasteiger partial charge in [-0.15, -0.1) is 5.10 Å². The maximum atomic E-state index is 14.7. The summed E-state index contributed by atoms with van der Waals surface area (Å²) >= 11 is 0. The Hall–Kier alpha value is -5.78. The SMILES string of the molecule is C[C@H](NC(=O)c1c(NS(=O)(=O)NC2CC2)nn2cccnc12)c1c2c3c(ccc(C#Cc4cnn(C)c4)c3c(=O)n1-c1ccccc1)CC2. The fraction of sp³-hybridized carbons (Fsp3) is 0.229. The molecule has 2 aromatic carbocycles. The van der Waals surface area contributed by atoms with Crippen molar-refractivity contribution in [3.05, 3.63) is 117 Å². The Morgan fingerprint density at radius 3 is 2.61 bits per heavy atom. The molecular weight excluding hydrogens is 643 g/mol. The van der Waals surface area contributed by atoms with Crippen LogP contribution >= 0.6 is 0 Å². The summed E-state index contributed by atoms with van der Waals surface area (Å²) in [6.07, 6.45) is 9.46. The molecule has 4 aromatic heterocycles. The van der Waals surface area contributed by atoms with Gasteiger partial charge < -0.3 is 5.32 Å². The quantitative estimate of drug-likeness (QED) is 0.210. The van der Waals surface area contributed by atoms with Gasteiger partial charge in [0, 0.05) is 42.9 Å². The summed E-state index contributed by atoms with van der Waals surface area (Å²) < 4.78 is 35.4. The second-order valence-electron chi connectivity index (χ2n) is 12.3. The lowest BCUT2D eigenvalue weighted by molar-refractivity contribution is 0.0941. The summed E-state index contributed by atoms with van der Waals surface area (Å²) in [5, 5.41) is 13.0. The first kappa shape index (κ1) is 30.5. The highest BCUT2D eigenvalue weighted by Gasteiger charge is 2.32. The van der Waals surface area contributed by atoms with Crippen LogP contribution in [0.1, 0.15) is 64.1 Å². The molecule has 0 saturated heterocycles. The smallest absolute Gasteiger partial charge is 0.300 e. The van der Waals surface area contributed by atoms with Gasteiger partial charge in [-0.05, 0) is 73.4 Å². The first-order valence-corrected chi connectivity index (χ1v) is 17.4. The number of hydrogen-bond donors (Lipinski definition) is 3. The predicted molar refractivity (Wildman–Crippen MR) is 184 cm³/mol. The van der Waals surface area contributed by atoms with Crippen LogP contribution in [0, 0.1) is 11.8 Å². The lowest BCUT2D eigenvalue weighted by atomic mass is 9.97. The van der Waals surface area contributed by atoms with E-state index in [1.807, 2.05) is 62.6 Å². The largest absolute Gasteiger partial charge is 0.344 e. The van der Waals surface area contributed by atoms with Crippen molar-refractivity contribution in [1.82, 2.24) is 39.0 Å². The topological polar surface area (TPSA) is 157 Å². The van der Waals surface area contributed by atoms with Gasteiger partial charge in [0.25, 0.3) is 11.5 Å². The van der Waals surface area contributed by atoms with Crippen LogP contribution in [0.3, 0.4) is 0 Å². The summed E-state index contributed by atoms with van der Waals surface area (Å²) in [5.41, 5.74) is 4.50. The Balaban J connectivity index is 1.25. The fourth-order valence-electron chi connectivity index (χ4n) is 6.52. The predicted octanol–water partition coefficient (Wildman–Crippen LogP) is 3.17. The van der Waals surface area contributed by atoms with Gasteiger partial charge in [-0.3, -0.25) is 23.6 Å². The highest BCUT2D eigenvalue weighted by atomic mass is 32.2. The number of fused-ring (bicyclic) bond motifs is 1. The normalized spacial score (nSPS) is 14.5. The molecule has 0 radical (unpaired) electrons. The Morgan fingerprint density at radius 2 is 1.86 bits per heavy atom. The van der Waals surface area contributed by atoms with E-state index in [2.05, 4.69) is 41.8 Å². The molecular formula is C35H31N9O4S. The highest BCUT2D eigenvalue weighted by Crippen LogP contribution is 2.36. The Morgan fingerprint density at radius 1 is 1.04 bits per heavy atom. The van der Waals surface area contributed by atoms with Crippen LogP contribution in [0.25, 0.3) is 22.1 Å². The molecule has 49 heavy (non-hydrogen) atoms. The molecule has 2 aliphatic carbocycles. The van der Waals surface area contributed by atoms with Crippen molar-refractivity contribution in [2.24, 2.45) is 7.05 Å². The summed E-state index contributed by atoms with van der Waals surface area (Å²) in [4.78, 5) is 33.2. The van der Waals surface area contributed by atoms with E-state index in [9.17, 15) is 18.0 Å². The van der Waals surface area contributed by atoms with E-state index in [-0.39, 0.29) is 28.6 Å². The maximum absolute atomic E-state index is 14.7. The van der Waals surface area contributed by atoms with Crippen molar-refractivity contribution < 1.29 is 13.2 Å². The van der Waals surface area contributed by atoms with E-state index in [0.717, 1.165) is 41.3 Å². The third-order valence-corrected chi connectivity index (χ3v) is 9.88. The number of aromatic nitrogens is 6. The zero-order valence-corrected chi connectivity index (χ0v) is 27.5. The van der Waals surface area contributed by atoms with E-state index in [1.54, 1.807) is 27.7 Å². The van der Waals surface area contributed by atoms with Crippen LogP contribution in [0.5, 0.6) is 0 Å². The van der Waals surface area contributed by atoms with Crippen LogP contribution in [0.15, 0.2) is 78.1 Å². The molecule has 0 bridgehead atoms. The third-order valence-electron chi connectivity index (χ3n) is 8.78. The molecule has 0 spiro atoms. The number of anilines is 1. The number of carbonyl (C=O) groups excluding carboxylic acids is 1. The minimum Gasteiger partial charge on any atom is -0.344 e. The molecule has 1 saturated carbocycles. The van der Waals surface area contributed by atoms with E-state index in [1.165, 1.54) is 10.7 Å². The van der Waals surface area contributed by atoms with Crippen molar-refractivity contribution in [3.8, 4) is 17.5 Å². The highest BCUT2D eigenvalue weighted by molar-refractivity contribution is 7.90. The van der Waals surface area contributed by atoms with Gasteiger partial charge in [0.2, 0.25) is 0 Å². The van der Waals surface area contributed by atoms with Crippen molar-refractivity contribution in [3.63, 3.8) is 0 Å². The van der Waals surface area contributed by atoms with Gasteiger partial charge in [-0.1, -0.05) is 36.1 Å². The van der Waals surface area contributed by atoms with E-state index in [4.69, 9.17) is 0 Å². The maximum Gasteiger partial charge on any atom is 0.300 e. The number of amides is 1. The summed E-state index contributed by atoms with van der Waals surface area (Å²) in [6, 6.07) is 14.0. The average Bonchev–Trinajstić information content (AvgIpc) is 3.44. The fourth-order valence-corrected chi connectivity index (χ4v) is 7.65. The van der Waals surface area contributed by atoms with Crippen LogP contribution in [0.2, 0.25) is 0 Å². The molecule has 3 N–H and O–H groups in total. The standard InChI is InChI=1S/C35H31N9O4S/c1-21(38-34(45)30-32(39-43-18-6-17-36-33(30)43)41-49(47,48)40-25-14-15-25)31-27-16-13-23-11-12-24(10-9-22-19-37-42(2)20-22)29(28(23)27)35(46)44(31)26-7-4-3-5-8-26/h3-8,11-12,17-21,25,40H,13-16H2,1-2H3,(H,38,45)(H,39,41)/t21-/m0/s1. The van der Waals surface area contributed by atoms with Crippen molar-refractivity contribution in [2.45, 2.75) is 44.7 Å². The third kappa shape index (κ3) is 5.62. The molecule has 246 valence electrons. The zero-order valence-electron chi connectivity index (χ0n) is 26.6. The number of hydrogen-bond acceptors (Lipinski definition) is 7. The molecule has 8 rings (SSSR count). The van der Waals surface area contributed by atoms with Gasteiger partial charge in [0.1, 0.15) is 5.56 Å². The first-order chi connectivity index (χ1) is 23.7. The first-order valence-electron chi connectivity index (χ1n) is 15.9. The monoisotopic (exact) mass is 673 g/mol. The minimum absolute atomic E-state index is 0.0342. The Bertz CT molecular complexity index is 2540. The van der Waals surface area contributed by atoms with E-state index < -0.39 is 22.2 Å². The second-order valence-corrected chi connectivity index (χ2v) is 13.8. The van der Waals surface area contributed by atoms with Crippen molar-refractivity contribution >= 4 is 38.4 Å². The van der Waals surface area contributed by atoms with Gasteiger partial charge in [-0.2, -0.15) is 18.2 Å². The summed E-state index contributed by atoms with van der Waals surface area (Å²) in [6.45, 7) is 1.82. The molecule has 0 aliphatic heterocycles. The Labute approximate surface area is 281 Å². The molecule has 1 atom stereocenters. The molecule has 14 heteroatoms.